The van der Waals surface area contributed by atoms with Crippen LogP contribution in [0.4, 0.5) is 0 Å². The minimum Gasteiger partial charge on any atom is -0.337 e. The fourth-order valence-corrected chi connectivity index (χ4v) is 5.31. The summed E-state index contributed by atoms with van der Waals surface area (Å²) in [4.78, 5) is 29.7. The van der Waals surface area contributed by atoms with Gasteiger partial charge in [0.25, 0.3) is 0 Å². The van der Waals surface area contributed by atoms with Gasteiger partial charge in [-0.1, -0.05) is 66.0 Å². The number of likely N-dealkylation sites (tertiary alicyclic amines) is 1. The molecule has 4 nitrogen and oxygen atoms in total. The van der Waals surface area contributed by atoms with Gasteiger partial charge in [0, 0.05) is 26.6 Å². The van der Waals surface area contributed by atoms with Crippen LogP contribution in [0.25, 0.3) is 0 Å². The molecular formula is C25H28Cl2N2O2. The van der Waals surface area contributed by atoms with E-state index in [0.29, 0.717) is 29.6 Å². The van der Waals surface area contributed by atoms with E-state index in [0.717, 1.165) is 48.9 Å². The van der Waals surface area contributed by atoms with Crippen molar-refractivity contribution in [2.75, 3.05) is 26.7 Å². The minimum atomic E-state index is -0.233. The van der Waals surface area contributed by atoms with E-state index in [-0.39, 0.29) is 23.7 Å². The van der Waals surface area contributed by atoms with Crippen LogP contribution in [0.3, 0.4) is 0 Å². The molecule has 0 saturated carbocycles. The monoisotopic (exact) mass is 458 g/mol. The molecule has 0 spiro atoms. The van der Waals surface area contributed by atoms with Crippen LogP contribution >= 0.6 is 23.2 Å². The van der Waals surface area contributed by atoms with Gasteiger partial charge in [0.1, 0.15) is 5.78 Å². The molecule has 0 aromatic heterocycles. The lowest BCUT2D eigenvalue weighted by molar-refractivity contribution is -0.134. The maximum Gasteiger partial charge on any atom is 0.230 e. The first-order valence-corrected chi connectivity index (χ1v) is 11.7. The van der Waals surface area contributed by atoms with E-state index in [4.69, 9.17) is 23.2 Å². The van der Waals surface area contributed by atoms with Gasteiger partial charge in [-0.3, -0.25) is 14.5 Å². The van der Waals surface area contributed by atoms with Crippen LogP contribution < -0.4 is 0 Å². The molecule has 6 heteroatoms. The number of nitrogens with zero attached hydrogens (tertiary/aromatic N) is 2. The van der Waals surface area contributed by atoms with Gasteiger partial charge < -0.3 is 4.90 Å². The Morgan fingerprint density at radius 1 is 1.13 bits per heavy atom. The Kier molecular flexibility index (Phi) is 7.00. The van der Waals surface area contributed by atoms with Crippen molar-refractivity contribution in [3.63, 3.8) is 0 Å². The zero-order chi connectivity index (χ0) is 22.0. The van der Waals surface area contributed by atoms with E-state index in [9.17, 15) is 9.59 Å². The van der Waals surface area contributed by atoms with Gasteiger partial charge in [-0.15, -0.1) is 0 Å². The number of rotatable bonds is 5. The van der Waals surface area contributed by atoms with Crippen LogP contribution in [0.15, 0.2) is 42.5 Å². The SMILES string of the molecule is CN(C(=O)C1CCCCc2c1ccc(Cl)c2Cl)[C@H](CN1CCC(=O)C1)c1ccccc1. The first-order chi connectivity index (χ1) is 15.0. The number of likely N-dealkylation sites (N-methyl/N-ethyl adjacent to an activating group) is 1. The zero-order valence-corrected chi connectivity index (χ0v) is 19.3. The molecule has 2 aromatic carbocycles. The second-order valence-electron chi connectivity index (χ2n) is 8.63. The number of carbonyl (C=O) groups excluding carboxylic acids is 2. The Hall–Kier alpha value is -1.88. The molecule has 1 aliphatic carbocycles. The van der Waals surface area contributed by atoms with Crippen LogP contribution in [0.1, 0.15) is 54.3 Å². The average molecular weight is 459 g/mol. The Morgan fingerprint density at radius 2 is 1.90 bits per heavy atom. The Morgan fingerprint density at radius 3 is 2.61 bits per heavy atom. The molecule has 2 atom stereocenters. The fourth-order valence-electron chi connectivity index (χ4n) is 4.87. The minimum absolute atomic E-state index is 0.0981. The van der Waals surface area contributed by atoms with E-state index in [2.05, 4.69) is 17.0 Å². The van der Waals surface area contributed by atoms with Gasteiger partial charge in [0.05, 0.1) is 28.5 Å². The molecule has 4 rings (SSSR count). The highest BCUT2D eigenvalue weighted by Gasteiger charge is 2.34. The molecule has 0 radical (unpaired) electrons. The number of halogens is 2. The van der Waals surface area contributed by atoms with Crippen LogP contribution in [0.5, 0.6) is 0 Å². The first kappa shape index (κ1) is 22.3. The smallest absolute Gasteiger partial charge is 0.230 e. The van der Waals surface area contributed by atoms with Crippen molar-refractivity contribution in [1.29, 1.82) is 0 Å². The summed E-state index contributed by atoms with van der Waals surface area (Å²) in [6.07, 6.45) is 4.22. The van der Waals surface area contributed by atoms with Gasteiger partial charge in [0.2, 0.25) is 5.91 Å². The van der Waals surface area contributed by atoms with Crippen molar-refractivity contribution in [3.05, 3.63) is 69.2 Å². The quantitative estimate of drug-likeness (QED) is 0.572. The molecule has 31 heavy (non-hydrogen) atoms. The van der Waals surface area contributed by atoms with E-state index >= 15 is 0 Å². The number of ketones is 1. The summed E-state index contributed by atoms with van der Waals surface area (Å²) in [7, 11) is 1.89. The maximum absolute atomic E-state index is 13.8. The van der Waals surface area contributed by atoms with Gasteiger partial charge in [-0.05, 0) is 42.0 Å². The van der Waals surface area contributed by atoms with Gasteiger partial charge in [-0.2, -0.15) is 0 Å². The first-order valence-electron chi connectivity index (χ1n) is 11.0. The van der Waals surface area contributed by atoms with Crippen molar-refractivity contribution in [2.24, 2.45) is 0 Å². The van der Waals surface area contributed by atoms with Crippen molar-refractivity contribution < 1.29 is 9.59 Å². The molecule has 1 unspecified atom stereocenters. The molecule has 0 bridgehead atoms. The number of benzene rings is 2. The third-order valence-corrected chi connectivity index (χ3v) is 7.46. The second-order valence-corrected chi connectivity index (χ2v) is 9.41. The molecule has 1 fully saturated rings. The summed E-state index contributed by atoms with van der Waals surface area (Å²) in [5.74, 6) is 0.134. The van der Waals surface area contributed by atoms with Crippen molar-refractivity contribution in [2.45, 2.75) is 44.1 Å². The summed E-state index contributed by atoms with van der Waals surface area (Å²) < 4.78 is 0. The average Bonchev–Trinajstić information content (AvgIpc) is 3.07. The molecule has 2 aromatic rings. The summed E-state index contributed by atoms with van der Waals surface area (Å²) in [5.41, 5.74) is 3.10. The lowest BCUT2D eigenvalue weighted by atomic mass is 9.90. The second kappa shape index (κ2) is 9.72. The Labute approximate surface area is 194 Å². The Bertz CT molecular complexity index is 963. The van der Waals surface area contributed by atoms with E-state index in [1.54, 1.807) is 6.07 Å². The van der Waals surface area contributed by atoms with Gasteiger partial charge in [0.15, 0.2) is 0 Å². The third kappa shape index (κ3) is 4.82. The topological polar surface area (TPSA) is 40.6 Å². The highest BCUT2D eigenvalue weighted by molar-refractivity contribution is 6.42. The van der Waals surface area contributed by atoms with Crippen LogP contribution in [-0.4, -0.2) is 48.2 Å². The number of Topliss-reactive ketones (excluding diaryl/α,β-unsaturated/α-hetero) is 1. The Balaban J connectivity index is 1.64. The summed E-state index contributed by atoms with van der Waals surface area (Å²) in [6.45, 7) is 1.87. The fraction of sp³-hybridized carbons (Fsp3) is 0.440. The number of fused-ring (bicyclic) bond motifs is 1. The van der Waals surface area contributed by atoms with Crippen LogP contribution in [0, 0.1) is 0 Å². The van der Waals surface area contributed by atoms with Crippen molar-refractivity contribution in [3.8, 4) is 0 Å². The molecule has 164 valence electrons. The lowest BCUT2D eigenvalue weighted by Crippen LogP contribution is -2.41. The largest absolute Gasteiger partial charge is 0.337 e. The summed E-state index contributed by atoms with van der Waals surface area (Å²) in [5, 5.41) is 1.12. The van der Waals surface area contributed by atoms with Crippen molar-refractivity contribution in [1.82, 2.24) is 9.80 Å². The van der Waals surface area contributed by atoms with E-state index < -0.39 is 0 Å². The predicted molar refractivity (Wildman–Crippen MR) is 125 cm³/mol. The van der Waals surface area contributed by atoms with E-state index in [1.165, 1.54) is 0 Å². The predicted octanol–water partition coefficient (Wildman–Crippen LogP) is 5.28. The van der Waals surface area contributed by atoms with Gasteiger partial charge >= 0.3 is 0 Å². The number of carbonyl (C=O) groups is 2. The molecule has 0 N–H and O–H groups in total. The number of amides is 1. The van der Waals surface area contributed by atoms with Crippen LogP contribution in [0.2, 0.25) is 10.0 Å². The maximum atomic E-state index is 13.8. The normalized spacial score (nSPS) is 20.2. The lowest BCUT2D eigenvalue weighted by Gasteiger charge is -2.34. The zero-order valence-electron chi connectivity index (χ0n) is 17.8. The standard InChI is InChI=1S/C25H28Cl2N2O2/c1-28(23(17-7-3-2-4-8-17)16-29-14-13-18(30)15-29)25(31)21-10-6-5-9-20-19(21)11-12-22(26)24(20)27/h2-4,7-8,11-12,21,23H,5-6,9-10,13-16H2,1H3/t21?,23-/m1/s1. The molecule has 1 aliphatic heterocycles. The van der Waals surface area contributed by atoms with Gasteiger partial charge in [-0.25, -0.2) is 0 Å². The number of hydrogen-bond acceptors (Lipinski definition) is 3. The molecule has 1 heterocycles. The highest BCUT2D eigenvalue weighted by atomic mass is 35.5. The van der Waals surface area contributed by atoms with Crippen molar-refractivity contribution >= 4 is 34.9 Å². The molecule has 1 amide bonds. The summed E-state index contributed by atoms with van der Waals surface area (Å²) >= 11 is 12.8. The van der Waals surface area contributed by atoms with E-state index in [1.807, 2.05) is 36.2 Å². The van der Waals surface area contributed by atoms with Crippen LogP contribution in [-0.2, 0) is 16.0 Å². The third-order valence-electron chi connectivity index (χ3n) is 6.61. The molecule has 2 aliphatic rings. The summed E-state index contributed by atoms with van der Waals surface area (Å²) in [6, 6.07) is 13.8. The number of hydrogen-bond donors (Lipinski definition) is 0. The molecule has 1 saturated heterocycles. The molecular weight excluding hydrogens is 431 g/mol. The highest BCUT2D eigenvalue weighted by Crippen LogP contribution is 2.39.